The maximum atomic E-state index is 13.5. The number of carbonyl (C=O) groups excluding carboxylic acids is 1. The van der Waals surface area contributed by atoms with Gasteiger partial charge < -0.3 is 15.5 Å². The Morgan fingerprint density at radius 1 is 0.946 bits per heavy atom. The van der Waals surface area contributed by atoms with Gasteiger partial charge in [-0.3, -0.25) is 4.79 Å². The molecule has 9 heteroatoms. The first-order valence-electron chi connectivity index (χ1n) is 12.0. The molecule has 0 atom stereocenters. The van der Waals surface area contributed by atoms with Crippen molar-refractivity contribution >= 4 is 39.1 Å². The van der Waals surface area contributed by atoms with E-state index < -0.39 is 0 Å². The maximum absolute atomic E-state index is 13.5. The summed E-state index contributed by atoms with van der Waals surface area (Å²) in [6.45, 7) is 1.69. The number of anilines is 2. The average molecular weight is 510 g/mol. The van der Waals surface area contributed by atoms with E-state index in [4.69, 9.17) is 4.98 Å². The summed E-state index contributed by atoms with van der Waals surface area (Å²) in [5.41, 5.74) is 3.45. The van der Waals surface area contributed by atoms with E-state index >= 15 is 0 Å². The molecule has 37 heavy (non-hydrogen) atoms. The Labute approximate surface area is 219 Å². The van der Waals surface area contributed by atoms with Crippen LogP contribution in [0.1, 0.15) is 16.9 Å². The molecular formula is C28H27N7OS. The first-order valence-corrected chi connectivity index (χ1v) is 12.8. The van der Waals surface area contributed by atoms with E-state index in [2.05, 4.69) is 30.5 Å². The summed E-state index contributed by atoms with van der Waals surface area (Å²) < 4.78 is 0. The second-order valence-electron chi connectivity index (χ2n) is 8.76. The maximum Gasteiger partial charge on any atom is 0.274 e. The molecule has 0 radical (unpaired) electrons. The molecule has 0 fully saturated rings. The number of carbonyl (C=O) groups is 1. The van der Waals surface area contributed by atoms with Gasteiger partial charge >= 0.3 is 0 Å². The summed E-state index contributed by atoms with van der Waals surface area (Å²) in [7, 11) is 4.09. The standard InChI is InChI=1S/C28H27N7OS/c1-35(2)17-9-16-29-24-18-23(31-25(34-24)19-10-4-3-5-11-19)26(36)32-21-13-7-6-12-20(21)27-33-22-14-8-15-30-28(22)37-27/h3-8,10-15,18H,9,16-17H2,1-2H3,(H,32,36)(H,29,31,34). The number of thiazole rings is 1. The highest BCUT2D eigenvalue weighted by Gasteiger charge is 2.17. The summed E-state index contributed by atoms with van der Waals surface area (Å²) in [6.07, 6.45) is 2.70. The van der Waals surface area contributed by atoms with Crippen molar-refractivity contribution < 1.29 is 4.79 Å². The van der Waals surface area contributed by atoms with E-state index in [1.807, 2.05) is 80.8 Å². The lowest BCUT2D eigenvalue weighted by Crippen LogP contribution is -2.18. The number of benzene rings is 2. The predicted octanol–water partition coefficient (Wildman–Crippen LogP) is 5.43. The quantitative estimate of drug-likeness (QED) is 0.256. The monoisotopic (exact) mass is 509 g/mol. The Hall–Kier alpha value is -4.21. The van der Waals surface area contributed by atoms with Crippen molar-refractivity contribution in [3.8, 4) is 22.0 Å². The minimum atomic E-state index is -0.317. The molecule has 3 aromatic heterocycles. The smallest absolute Gasteiger partial charge is 0.274 e. The van der Waals surface area contributed by atoms with Crippen LogP contribution in [0.2, 0.25) is 0 Å². The molecule has 0 aliphatic heterocycles. The van der Waals surface area contributed by atoms with Gasteiger partial charge in [0.15, 0.2) is 5.82 Å². The van der Waals surface area contributed by atoms with E-state index in [9.17, 15) is 4.79 Å². The van der Waals surface area contributed by atoms with Crippen LogP contribution < -0.4 is 10.6 Å². The lowest BCUT2D eigenvalue weighted by molar-refractivity contribution is 0.102. The molecule has 0 saturated carbocycles. The van der Waals surface area contributed by atoms with Crippen molar-refractivity contribution in [2.45, 2.75) is 6.42 Å². The first kappa shape index (κ1) is 24.5. The van der Waals surface area contributed by atoms with Crippen LogP contribution >= 0.6 is 11.3 Å². The zero-order valence-corrected chi connectivity index (χ0v) is 21.5. The first-order chi connectivity index (χ1) is 18.1. The number of nitrogens with one attached hydrogen (secondary N) is 2. The van der Waals surface area contributed by atoms with Gasteiger partial charge in [-0.1, -0.05) is 53.8 Å². The normalized spacial score (nSPS) is 11.1. The zero-order chi connectivity index (χ0) is 25.6. The van der Waals surface area contributed by atoms with Crippen LogP contribution in [0.25, 0.3) is 32.3 Å². The van der Waals surface area contributed by atoms with E-state index in [1.54, 1.807) is 12.3 Å². The number of pyridine rings is 1. The van der Waals surface area contributed by atoms with E-state index in [0.29, 0.717) is 17.3 Å². The number of hydrogen-bond donors (Lipinski definition) is 2. The molecular weight excluding hydrogens is 482 g/mol. The Morgan fingerprint density at radius 2 is 1.76 bits per heavy atom. The highest BCUT2D eigenvalue weighted by Crippen LogP contribution is 2.33. The van der Waals surface area contributed by atoms with Crippen LogP contribution in [-0.2, 0) is 0 Å². The molecule has 0 spiro atoms. The number of nitrogens with zero attached hydrogens (tertiary/aromatic N) is 5. The molecule has 0 saturated heterocycles. The number of fused-ring (bicyclic) bond motifs is 1. The van der Waals surface area contributed by atoms with Crippen LogP contribution in [0, 0.1) is 0 Å². The predicted molar refractivity (Wildman–Crippen MR) is 150 cm³/mol. The van der Waals surface area contributed by atoms with Gasteiger partial charge in [0.2, 0.25) is 0 Å². The number of para-hydroxylation sites is 1. The number of amides is 1. The van der Waals surface area contributed by atoms with Crippen molar-refractivity contribution in [2.24, 2.45) is 0 Å². The molecule has 0 aliphatic carbocycles. The lowest BCUT2D eigenvalue weighted by atomic mass is 10.1. The van der Waals surface area contributed by atoms with E-state index in [0.717, 1.165) is 46.0 Å². The summed E-state index contributed by atoms with van der Waals surface area (Å²) in [5.74, 6) is 0.791. The fourth-order valence-electron chi connectivity index (χ4n) is 3.83. The minimum Gasteiger partial charge on any atom is -0.370 e. The van der Waals surface area contributed by atoms with Crippen LogP contribution in [0.5, 0.6) is 0 Å². The zero-order valence-electron chi connectivity index (χ0n) is 20.7. The van der Waals surface area contributed by atoms with Crippen molar-refractivity contribution in [1.29, 1.82) is 0 Å². The highest BCUT2D eigenvalue weighted by molar-refractivity contribution is 7.21. The summed E-state index contributed by atoms with van der Waals surface area (Å²) in [6, 6.07) is 22.8. The molecule has 0 bridgehead atoms. The van der Waals surface area contributed by atoms with Crippen LogP contribution in [0.4, 0.5) is 11.5 Å². The molecule has 5 aromatic rings. The van der Waals surface area contributed by atoms with E-state index in [1.165, 1.54) is 11.3 Å². The third kappa shape index (κ3) is 5.96. The SMILES string of the molecule is CN(C)CCCNc1cc(C(=O)Nc2ccccc2-c2nc3cccnc3s2)nc(-c2ccccc2)n1. The Kier molecular flexibility index (Phi) is 7.43. The van der Waals surface area contributed by atoms with Gasteiger partial charge in [0, 0.05) is 29.9 Å². The largest absolute Gasteiger partial charge is 0.370 e. The van der Waals surface area contributed by atoms with Crippen molar-refractivity contribution in [3.05, 3.63) is 84.7 Å². The third-order valence-electron chi connectivity index (χ3n) is 5.65. The fourth-order valence-corrected chi connectivity index (χ4v) is 4.78. The summed E-state index contributed by atoms with van der Waals surface area (Å²) >= 11 is 1.49. The molecule has 0 unspecified atom stereocenters. The van der Waals surface area contributed by atoms with Crippen molar-refractivity contribution in [3.63, 3.8) is 0 Å². The van der Waals surface area contributed by atoms with E-state index in [-0.39, 0.29) is 11.6 Å². The Bertz CT molecular complexity index is 1480. The van der Waals surface area contributed by atoms with Crippen LogP contribution in [0.3, 0.4) is 0 Å². The van der Waals surface area contributed by atoms with Gasteiger partial charge in [0.05, 0.1) is 5.69 Å². The molecule has 1 amide bonds. The third-order valence-corrected chi connectivity index (χ3v) is 6.66. The molecule has 8 nitrogen and oxygen atoms in total. The van der Waals surface area contributed by atoms with Gasteiger partial charge in [0.25, 0.3) is 5.91 Å². The number of rotatable bonds is 9. The Morgan fingerprint density at radius 3 is 2.57 bits per heavy atom. The Balaban J connectivity index is 1.43. The minimum absolute atomic E-state index is 0.282. The fraction of sp³-hybridized carbons (Fsp3) is 0.179. The number of hydrogen-bond acceptors (Lipinski definition) is 8. The topological polar surface area (TPSA) is 95.9 Å². The molecule has 3 heterocycles. The molecule has 5 rings (SSSR count). The summed E-state index contributed by atoms with van der Waals surface area (Å²) in [4.78, 5) is 34.8. The van der Waals surface area contributed by atoms with Gasteiger partial charge in [-0.2, -0.15) is 0 Å². The van der Waals surface area contributed by atoms with Gasteiger partial charge in [-0.15, -0.1) is 0 Å². The van der Waals surface area contributed by atoms with Crippen LogP contribution in [0.15, 0.2) is 79.0 Å². The average Bonchev–Trinajstić information content (AvgIpc) is 3.36. The molecule has 186 valence electrons. The lowest BCUT2D eigenvalue weighted by Gasteiger charge is -2.13. The summed E-state index contributed by atoms with van der Waals surface area (Å²) in [5, 5.41) is 7.18. The number of aromatic nitrogens is 4. The molecule has 2 aromatic carbocycles. The van der Waals surface area contributed by atoms with Crippen molar-refractivity contribution in [1.82, 2.24) is 24.8 Å². The molecule has 0 aliphatic rings. The second kappa shape index (κ2) is 11.2. The van der Waals surface area contributed by atoms with Gasteiger partial charge in [-0.25, -0.2) is 19.9 Å². The van der Waals surface area contributed by atoms with Crippen LogP contribution in [-0.4, -0.2) is 57.9 Å². The van der Waals surface area contributed by atoms with Gasteiger partial charge in [-0.05, 0) is 51.3 Å². The highest BCUT2D eigenvalue weighted by atomic mass is 32.1. The second-order valence-corrected chi connectivity index (χ2v) is 9.74. The van der Waals surface area contributed by atoms with Crippen molar-refractivity contribution in [2.75, 3.05) is 37.8 Å². The van der Waals surface area contributed by atoms with Gasteiger partial charge in [0.1, 0.15) is 26.9 Å². The molecule has 2 N–H and O–H groups in total.